The zero-order valence-electron chi connectivity index (χ0n) is 14.7. The molecule has 4 unspecified atom stereocenters. The summed E-state index contributed by atoms with van der Waals surface area (Å²) in [5.41, 5.74) is -0.806. The largest absolute Gasteiger partial charge is 1.00 e. The second-order valence-corrected chi connectivity index (χ2v) is 8.40. The summed E-state index contributed by atoms with van der Waals surface area (Å²) in [6.07, 6.45) is -0.834. The van der Waals surface area contributed by atoms with Crippen LogP contribution in [0, 0.1) is 0 Å². The number of hydrogen-bond acceptors (Lipinski definition) is 7. The Balaban J connectivity index is 0.00000210. The van der Waals surface area contributed by atoms with E-state index in [1.54, 1.807) is 37.3 Å². The minimum absolute atomic E-state index is 0. The maximum atomic E-state index is 12.6. The molecule has 1 N–H and O–H groups in total. The molecule has 0 aromatic heterocycles. The van der Waals surface area contributed by atoms with E-state index in [1.165, 1.54) is 16.7 Å². The van der Waals surface area contributed by atoms with Gasteiger partial charge in [0.25, 0.3) is 12.4 Å². The molecule has 0 spiro atoms. The van der Waals surface area contributed by atoms with Crippen LogP contribution in [0.3, 0.4) is 0 Å². The van der Waals surface area contributed by atoms with Gasteiger partial charge in [0.1, 0.15) is 11.4 Å². The molecule has 3 fully saturated rings. The van der Waals surface area contributed by atoms with Crippen LogP contribution >= 0.6 is 11.8 Å². The minimum Gasteiger partial charge on any atom is -0.548 e. The van der Waals surface area contributed by atoms with Gasteiger partial charge in [0.2, 0.25) is 12.0 Å². The summed E-state index contributed by atoms with van der Waals surface area (Å²) >= 11 is 1.35. The van der Waals surface area contributed by atoms with Gasteiger partial charge in [-0.05, 0) is 13.3 Å². The van der Waals surface area contributed by atoms with E-state index in [1.807, 2.05) is 0 Å². The Morgan fingerprint density at radius 2 is 2.07 bits per heavy atom. The summed E-state index contributed by atoms with van der Waals surface area (Å²) in [4.78, 5) is 48.6. The molecular formula is C17H15N2NaO6S. The van der Waals surface area contributed by atoms with E-state index in [0.717, 1.165) is 0 Å². The van der Waals surface area contributed by atoms with Crippen LogP contribution in [-0.4, -0.2) is 50.9 Å². The van der Waals surface area contributed by atoms with Crippen molar-refractivity contribution in [2.45, 2.75) is 41.2 Å². The molecule has 2 saturated heterocycles. The maximum Gasteiger partial charge on any atom is 1.00 e. The number of β-lactam (4-membered cyclic amide) rings is 1. The van der Waals surface area contributed by atoms with Crippen LogP contribution in [0.4, 0.5) is 0 Å². The van der Waals surface area contributed by atoms with Crippen LogP contribution in [0.1, 0.15) is 25.0 Å². The zero-order valence-corrected chi connectivity index (χ0v) is 17.5. The van der Waals surface area contributed by atoms with E-state index in [-0.39, 0.29) is 36.0 Å². The van der Waals surface area contributed by atoms with Crippen molar-refractivity contribution in [3.8, 4) is 0 Å². The molecule has 0 bridgehead atoms. The van der Waals surface area contributed by atoms with E-state index < -0.39 is 45.6 Å². The molecule has 1 aromatic rings. The van der Waals surface area contributed by atoms with Crippen LogP contribution in [-0.2, 0) is 23.9 Å². The molecule has 3 aliphatic rings. The Labute approximate surface area is 181 Å². The molecule has 27 heavy (non-hydrogen) atoms. The standard InChI is InChI=1S/C17H16N2O6S.Na/c1-16-7-17(16,15(23)24)19-13(22)10(14(19)26-16)18-12(21)11(25-8-20)9-5-3-2-4-6-9;/h2-6,8,10-11,14H,7H2,1H3,(H,18,21)(H,23,24);/q;+1/p-1/t10?,11?,14-,16?,17?;/m0./s1. The molecule has 1 saturated carbocycles. The van der Waals surface area contributed by atoms with Gasteiger partial charge in [0.15, 0.2) is 0 Å². The number of aliphatic carboxylic acids is 1. The number of hydrogen-bond donors (Lipinski definition) is 1. The van der Waals surface area contributed by atoms with E-state index in [9.17, 15) is 24.3 Å². The Hall–Kier alpha value is -1.55. The summed E-state index contributed by atoms with van der Waals surface area (Å²) in [5, 5.41) is 13.7. The van der Waals surface area contributed by atoms with E-state index in [4.69, 9.17) is 4.74 Å². The van der Waals surface area contributed by atoms with Crippen molar-refractivity contribution in [3.63, 3.8) is 0 Å². The van der Waals surface area contributed by atoms with E-state index >= 15 is 0 Å². The van der Waals surface area contributed by atoms with Crippen molar-refractivity contribution in [2.24, 2.45) is 0 Å². The van der Waals surface area contributed by atoms with E-state index in [2.05, 4.69) is 5.32 Å². The van der Waals surface area contributed by atoms with E-state index in [0.29, 0.717) is 12.0 Å². The van der Waals surface area contributed by atoms with Crippen molar-refractivity contribution in [1.82, 2.24) is 10.2 Å². The number of carbonyl (C=O) groups is 4. The van der Waals surface area contributed by atoms with Crippen molar-refractivity contribution in [3.05, 3.63) is 35.9 Å². The summed E-state index contributed by atoms with van der Waals surface area (Å²) < 4.78 is 4.29. The predicted molar refractivity (Wildman–Crippen MR) is 87.2 cm³/mol. The Morgan fingerprint density at radius 3 is 2.67 bits per heavy atom. The average molecular weight is 398 g/mol. The smallest absolute Gasteiger partial charge is 0.548 e. The normalized spacial score (nSPS) is 33.5. The van der Waals surface area contributed by atoms with Gasteiger partial charge in [-0.15, -0.1) is 11.8 Å². The predicted octanol–water partition coefficient (Wildman–Crippen LogP) is -4.04. The minimum atomic E-state index is -1.28. The molecule has 8 nitrogen and oxygen atoms in total. The second-order valence-electron chi connectivity index (χ2n) is 6.78. The van der Waals surface area contributed by atoms with Crippen LogP contribution in [0.2, 0.25) is 0 Å². The monoisotopic (exact) mass is 398 g/mol. The first-order chi connectivity index (χ1) is 12.4. The number of amides is 2. The third-order valence-corrected chi connectivity index (χ3v) is 7.07. The van der Waals surface area contributed by atoms with Gasteiger partial charge in [-0.1, -0.05) is 30.3 Å². The van der Waals surface area contributed by atoms with Crippen molar-refractivity contribution >= 4 is 36.0 Å². The number of carboxylic acid groups (broad SMARTS) is 1. The second kappa shape index (κ2) is 6.80. The number of benzene rings is 1. The molecule has 5 atom stereocenters. The summed E-state index contributed by atoms with van der Waals surface area (Å²) in [7, 11) is 0. The molecule has 136 valence electrons. The average Bonchev–Trinajstić information content (AvgIpc) is 3.16. The Kier molecular flexibility index (Phi) is 5.09. The fourth-order valence-corrected chi connectivity index (χ4v) is 5.82. The molecule has 4 rings (SSSR count). The van der Waals surface area contributed by atoms with Crippen molar-refractivity contribution < 1.29 is 58.6 Å². The quantitative estimate of drug-likeness (QED) is 0.295. The van der Waals surface area contributed by atoms with Gasteiger partial charge in [-0.2, -0.15) is 0 Å². The maximum absolute atomic E-state index is 12.6. The first-order valence-electron chi connectivity index (χ1n) is 8.02. The van der Waals surface area contributed by atoms with Gasteiger partial charge in [0.05, 0.1) is 11.5 Å². The van der Waals surface area contributed by atoms with Crippen LogP contribution in [0.15, 0.2) is 30.3 Å². The first kappa shape index (κ1) is 20.2. The zero-order chi connectivity index (χ0) is 18.7. The molecule has 2 heterocycles. The van der Waals surface area contributed by atoms with Gasteiger partial charge < -0.3 is 24.9 Å². The Morgan fingerprint density at radius 1 is 1.41 bits per heavy atom. The molecule has 1 aliphatic carbocycles. The summed E-state index contributed by atoms with van der Waals surface area (Å²) in [5.74, 6) is -2.35. The number of rotatable bonds is 6. The molecule has 1 aromatic carbocycles. The number of thioether (sulfide) groups is 1. The number of ether oxygens (including phenoxy) is 1. The number of nitrogens with zero attached hydrogens (tertiary/aromatic N) is 1. The van der Waals surface area contributed by atoms with Crippen LogP contribution < -0.4 is 40.0 Å². The summed E-state index contributed by atoms with van der Waals surface area (Å²) in [6, 6.07) is 7.57. The van der Waals surface area contributed by atoms with Gasteiger partial charge in [-0.25, -0.2) is 0 Å². The van der Waals surface area contributed by atoms with Crippen molar-refractivity contribution in [1.29, 1.82) is 0 Å². The summed E-state index contributed by atoms with van der Waals surface area (Å²) in [6.45, 7) is 1.96. The van der Waals surface area contributed by atoms with Gasteiger partial charge in [-0.3, -0.25) is 14.4 Å². The molecule has 2 aliphatic heterocycles. The topological polar surface area (TPSA) is 116 Å². The molecule has 10 heteroatoms. The number of nitrogens with one attached hydrogen (secondary N) is 1. The van der Waals surface area contributed by atoms with Crippen LogP contribution in [0.25, 0.3) is 0 Å². The third kappa shape index (κ3) is 2.71. The SMILES string of the molecule is CC12CC1(C(=O)[O-])N1C(=O)C(NC(=O)C(OC=O)c3ccccc3)[C@@H]1S2.[Na+]. The third-order valence-electron chi connectivity index (χ3n) is 5.35. The number of carbonyl (C=O) groups excluding carboxylic acids is 4. The van der Waals surface area contributed by atoms with Crippen molar-refractivity contribution in [2.75, 3.05) is 0 Å². The Bertz CT molecular complexity index is 823. The molecule has 0 radical (unpaired) electrons. The number of carboxylic acids is 1. The van der Waals surface area contributed by atoms with Gasteiger partial charge in [0, 0.05) is 10.3 Å². The number of fused-ring (bicyclic) bond motifs is 3. The first-order valence-corrected chi connectivity index (χ1v) is 8.90. The van der Waals surface area contributed by atoms with Gasteiger partial charge >= 0.3 is 29.6 Å². The molecular weight excluding hydrogens is 383 g/mol. The molecule has 2 amide bonds. The fourth-order valence-electron chi connectivity index (χ4n) is 3.90. The van der Waals surface area contributed by atoms with Crippen LogP contribution in [0.5, 0.6) is 0 Å². The fraction of sp³-hybridized carbons (Fsp3) is 0.412.